The molecule has 1 heterocycles. The van der Waals surface area contributed by atoms with Gasteiger partial charge in [0.2, 0.25) is 0 Å². The molecular weight excluding hydrogens is 238 g/mol. The number of nitrogens with zero attached hydrogens (tertiary/aromatic N) is 2. The summed E-state index contributed by atoms with van der Waals surface area (Å²) < 4.78 is 0. The molecule has 1 aromatic carbocycles. The summed E-state index contributed by atoms with van der Waals surface area (Å²) in [5.74, 6) is -0.171. The molecule has 0 bridgehead atoms. The summed E-state index contributed by atoms with van der Waals surface area (Å²) in [6.07, 6.45) is 0. The van der Waals surface area contributed by atoms with Crippen LogP contribution in [0.1, 0.15) is 6.92 Å². The maximum absolute atomic E-state index is 12.1. The minimum absolute atomic E-state index is 0.000766. The van der Waals surface area contributed by atoms with E-state index in [-0.39, 0.29) is 11.8 Å². The van der Waals surface area contributed by atoms with Crippen molar-refractivity contribution in [3.8, 4) is 0 Å². The van der Waals surface area contributed by atoms with Crippen LogP contribution in [0.3, 0.4) is 0 Å². The number of benzene rings is 1. The van der Waals surface area contributed by atoms with E-state index in [4.69, 9.17) is 11.6 Å². The largest absolute Gasteiger partial charge is 0.319 e. The number of hydrogen-bond acceptors (Lipinski definition) is 3. The molecule has 90 valence electrons. The molecule has 0 aromatic heterocycles. The molecule has 2 rings (SSSR count). The van der Waals surface area contributed by atoms with Crippen molar-refractivity contribution in [2.75, 3.05) is 18.6 Å². The monoisotopic (exact) mass is 251 g/mol. The fourth-order valence-electron chi connectivity index (χ4n) is 1.81. The highest BCUT2D eigenvalue weighted by molar-refractivity contribution is 6.30. The molecule has 1 N–H and O–H groups in total. The molecule has 0 aliphatic carbocycles. The maximum atomic E-state index is 12.1. The molecule has 4 nitrogen and oxygen atoms in total. The molecule has 1 unspecified atom stereocenters. The maximum Gasteiger partial charge on any atom is 0.257 e. The molecule has 0 saturated carbocycles. The lowest BCUT2D eigenvalue weighted by molar-refractivity contribution is -0.119. The Bertz CT molecular complexity index is 455. The van der Waals surface area contributed by atoms with Crippen molar-refractivity contribution < 1.29 is 4.79 Å². The molecule has 1 aliphatic heterocycles. The van der Waals surface area contributed by atoms with Crippen molar-refractivity contribution in [3.63, 3.8) is 0 Å². The summed E-state index contributed by atoms with van der Waals surface area (Å²) in [7, 11) is 1.82. The van der Waals surface area contributed by atoms with E-state index in [2.05, 4.69) is 10.4 Å². The van der Waals surface area contributed by atoms with Crippen LogP contribution in [0.2, 0.25) is 5.02 Å². The van der Waals surface area contributed by atoms with Crippen LogP contribution >= 0.6 is 11.6 Å². The SMILES string of the molecule is CNCC1C(=O)N(c2ccc(Cl)cc2)N=C1C. The minimum atomic E-state index is -0.171. The van der Waals surface area contributed by atoms with Crippen LogP contribution in [-0.4, -0.2) is 25.2 Å². The van der Waals surface area contributed by atoms with Crippen LogP contribution in [0, 0.1) is 5.92 Å². The summed E-state index contributed by atoms with van der Waals surface area (Å²) in [4.78, 5) is 12.1. The van der Waals surface area contributed by atoms with Gasteiger partial charge in [0.15, 0.2) is 0 Å². The fraction of sp³-hybridized carbons (Fsp3) is 0.333. The number of nitrogens with one attached hydrogen (secondary N) is 1. The van der Waals surface area contributed by atoms with Gasteiger partial charge < -0.3 is 5.32 Å². The number of carbonyl (C=O) groups excluding carboxylic acids is 1. The first-order valence-corrected chi connectivity index (χ1v) is 5.80. The summed E-state index contributed by atoms with van der Waals surface area (Å²) in [5, 5.41) is 9.37. The van der Waals surface area contributed by atoms with Crippen molar-refractivity contribution in [3.05, 3.63) is 29.3 Å². The van der Waals surface area contributed by atoms with Gasteiger partial charge in [-0.2, -0.15) is 5.10 Å². The highest BCUT2D eigenvalue weighted by Crippen LogP contribution is 2.24. The minimum Gasteiger partial charge on any atom is -0.319 e. The van der Waals surface area contributed by atoms with Crippen LogP contribution in [-0.2, 0) is 4.79 Å². The Labute approximate surface area is 105 Å². The van der Waals surface area contributed by atoms with Crippen LogP contribution in [0.25, 0.3) is 0 Å². The Kier molecular flexibility index (Phi) is 3.45. The van der Waals surface area contributed by atoms with Crippen LogP contribution < -0.4 is 10.3 Å². The molecule has 0 saturated heterocycles. The van der Waals surface area contributed by atoms with Gasteiger partial charge in [0.25, 0.3) is 5.91 Å². The van der Waals surface area contributed by atoms with Crippen LogP contribution in [0.5, 0.6) is 0 Å². The lowest BCUT2D eigenvalue weighted by atomic mass is 10.1. The van der Waals surface area contributed by atoms with E-state index in [9.17, 15) is 4.79 Å². The Hall–Kier alpha value is -1.39. The van der Waals surface area contributed by atoms with E-state index in [0.29, 0.717) is 11.6 Å². The number of rotatable bonds is 3. The number of hydrazone groups is 1. The topological polar surface area (TPSA) is 44.7 Å². The molecule has 1 amide bonds. The molecule has 0 spiro atoms. The third-order valence-corrected chi connectivity index (χ3v) is 3.00. The van der Waals surface area contributed by atoms with Crippen LogP contribution in [0.4, 0.5) is 5.69 Å². The Morgan fingerprint density at radius 2 is 2.06 bits per heavy atom. The van der Waals surface area contributed by atoms with E-state index in [1.807, 2.05) is 14.0 Å². The van der Waals surface area contributed by atoms with Gasteiger partial charge in [-0.25, -0.2) is 5.01 Å². The second-order valence-electron chi connectivity index (χ2n) is 3.98. The second kappa shape index (κ2) is 4.85. The van der Waals surface area contributed by atoms with E-state index in [1.54, 1.807) is 24.3 Å². The third kappa shape index (κ3) is 2.33. The number of carbonyl (C=O) groups is 1. The molecule has 1 aliphatic rings. The number of halogens is 1. The number of anilines is 1. The predicted octanol–water partition coefficient (Wildman–Crippen LogP) is 1.90. The van der Waals surface area contributed by atoms with Crippen molar-refractivity contribution in [2.24, 2.45) is 11.0 Å². The number of amides is 1. The van der Waals surface area contributed by atoms with Gasteiger partial charge in [-0.3, -0.25) is 4.79 Å². The van der Waals surface area contributed by atoms with Gasteiger partial charge in [0.05, 0.1) is 11.6 Å². The van der Waals surface area contributed by atoms with E-state index in [0.717, 1.165) is 11.4 Å². The lowest BCUT2D eigenvalue weighted by Crippen LogP contribution is -2.33. The standard InChI is InChI=1S/C12H14ClN3O/c1-8-11(7-14-2)12(17)16(15-8)10-5-3-9(13)4-6-10/h3-6,11,14H,7H2,1-2H3. The molecule has 0 radical (unpaired) electrons. The van der Waals surface area contributed by atoms with Crippen molar-refractivity contribution >= 4 is 28.9 Å². The quantitative estimate of drug-likeness (QED) is 0.892. The van der Waals surface area contributed by atoms with E-state index < -0.39 is 0 Å². The molecule has 0 fully saturated rings. The molecule has 5 heteroatoms. The normalized spacial score (nSPS) is 19.7. The average Bonchev–Trinajstić information content (AvgIpc) is 2.59. The van der Waals surface area contributed by atoms with E-state index in [1.165, 1.54) is 5.01 Å². The van der Waals surface area contributed by atoms with Crippen molar-refractivity contribution in [1.29, 1.82) is 0 Å². The Morgan fingerprint density at radius 1 is 1.41 bits per heavy atom. The Balaban J connectivity index is 2.24. The zero-order valence-corrected chi connectivity index (χ0v) is 10.5. The smallest absolute Gasteiger partial charge is 0.257 e. The van der Waals surface area contributed by atoms with Crippen molar-refractivity contribution in [1.82, 2.24) is 5.32 Å². The van der Waals surface area contributed by atoms with Gasteiger partial charge in [-0.15, -0.1) is 0 Å². The number of hydrogen-bond donors (Lipinski definition) is 1. The lowest BCUT2D eigenvalue weighted by Gasteiger charge is -2.14. The zero-order chi connectivity index (χ0) is 12.4. The average molecular weight is 252 g/mol. The Morgan fingerprint density at radius 3 is 2.65 bits per heavy atom. The molecule has 1 atom stereocenters. The molecule has 17 heavy (non-hydrogen) atoms. The van der Waals surface area contributed by atoms with Gasteiger partial charge in [0, 0.05) is 17.3 Å². The van der Waals surface area contributed by atoms with Crippen molar-refractivity contribution in [2.45, 2.75) is 6.92 Å². The zero-order valence-electron chi connectivity index (χ0n) is 9.77. The first-order valence-electron chi connectivity index (χ1n) is 5.42. The summed E-state index contributed by atoms with van der Waals surface area (Å²) >= 11 is 5.81. The van der Waals surface area contributed by atoms with Crippen LogP contribution in [0.15, 0.2) is 29.4 Å². The second-order valence-corrected chi connectivity index (χ2v) is 4.41. The highest BCUT2D eigenvalue weighted by atomic mass is 35.5. The first-order chi connectivity index (χ1) is 8.13. The van der Waals surface area contributed by atoms with E-state index >= 15 is 0 Å². The fourth-order valence-corrected chi connectivity index (χ4v) is 1.94. The van der Waals surface area contributed by atoms with Gasteiger partial charge >= 0.3 is 0 Å². The highest BCUT2D eigenvalue weighted by Gasteiger charge is 2.33. The van der Waals surface area contributed by atoms with Gasteiger partial charge in [-0.1, -0.05) is 11.6 Å². The third-order valence-electron chi connectivity index (χ3n) is 2.75. The summed E-state index contributed by atoms with van der Waals surface area (Å²) in [6.45, 7) is 2.48. The summed E-state index contributed by atoms with van der Waals surface area (Å²) in [6, 6.07) is 7.08. The van der Waals surface area contributed by atoms with Gasteiger partial charge in [0.1, 0.15) is 0 Å². The first kappa shape index (κ1) is 12.1. The molecule has 1 aromatic rings. The summed E-state index contributed by atoms with van der Waals surface area (Å²) in [5.41, 5.74) is 1.58. The van der Waals surface area contributed by atoms with Gasteiger partial charge in [-0.05, 0) is 38.2 Å². The molecular formula is C12H14ClN3O. The predicted molar refractivity (Wildman–Crippen MR) is 69.5 cm³/mol.